The fourth-order valence-electron chi connectivity index (χ4n) is 2.61. The van der Waals surface area contributed by atoms with Gasteiger partial charge in [0.25, 0.3) is 0 Å². The second-order valence-electron chi connectivity index (χ2n) is 7.52. The number of fused-ring (bicyclic) bond motifs is 1. The molecule has 0 saturated carbocycles. The van der Waals surface area contributed by atoms with Crippen molar-refractivity contribution in [2.45, 2.75) is 46.6 Å². The third kappa shape index (κ3) is 7.09. The lowest BCUT2D eigenvalue weighted by atomic mass is 10.2. The van der Waals surface area contributed by atoms with Crippen molar-refractivity contribution in [3.8, 4) is 0 Å². The fourth-order valence-corrected chi connectivity index (χ4v) is 2.61. The maximum absolute atomic E-state index is 11.6. The molecule has 0 aliphatic heterocycles. The molecule has 0 aromatic carbocycles. The van der Waals surface area contributed by atoms with E-state index in [1.165, 1.54) is 0 Å². The van der Waals surface area contributed by atoms with Crippen molar-refractivity contribution in [1.29, 1.82) is 0 Å². The van der Waals surface area contributed by atoms with E-state index in [-0.39, 0.29) is 0 Å². The lowest BCUT2D eigenvalue weighted by molar-refractivity contribution is 0.0529. The maximum atomic E-state index is 11.6. The first-order chi connectivity index (χ1) is 13.3. The number of pyridine rings is 1. The summed E-state index contributed by atoms with van der Waals surface area (Å²) < 4.78 is 7.25. The van der Waals surface area contributed by atoms with Crippen LogP contribution < -0.4 is 16.0 Å². The van der Waals surface area contributed by atoms with Crippen molar-refractivity contribution in [1.82, 2.24) is 25.3 Å². The molecule has 2 aromatic heterocycles. The summed E-state index contributed by atoms with van der Waals surface area (Å²) in [6.07, 6.45) is 4.39. The lowest BCUT2D eigenvalue weighted by Gasteiger charge is -2.19. The highest BCUT2D eigenvalue weighted by Crippen LogP contribution is 2.10. The number of imidazole rings is 1. The van der Waals surface area contributed by atoms with Crippen molar-refractivity contribution in [2.75, 3.05) is 26.2 Å². The molecule has 2 aromatic rings. The number of aryl methyl sites for hydroxylation is 1. The van der Waals surface area contributed by atoms with Crippen LogP contribution in [-0.4, -0.2) is 53.2 Å². The normalized spacial score (nSPS) is 12.1. The Balaban J connectivity index is 1.79. The Hall–Kier alpha value is -2.77. The molecule has 0 spiro atoms. The van der Waals surface area contributed by atoms with Gasteiger partial charge in [0.15, 0.2) is 5.96 Å². The summed E-state index contributed by atoms with van der Waals surface area (Å²) >= 11 is 0. The lowest BCUT2D eigenvalue weighted by Crippen LogP contribution is -2.42. The summed E-state index contributed by atoms with van der Waals surface area (Å²) in [6, 6.07) is 4.08. The van der Waals surface area contributed by atoms with Gasteiger partial charge < -0.3 is 25.1 Å². The van der Waals surface area contributed by atoms with E-state index in [0.717, 1.165) is 29.9 Å². The number of ether oxygens (including phenoxy) is 1. The molecule has 0 aliphatic carbocycles. The number of amides is 1. The molecule has 8 heteroatoms. The van der Waals surface area contributed by atoms with Crippen LogP contribution in [0.3, 0.4) is 0 Å². The Morgan fingerprint density at radius 3 is 2.68 bits per heavy atom. The smallest absolute Gasteiger partial charge is 0.407 e. The predicted octanol–water partition coefficient (Wildman–Crippen LogP) is 2.27. The molecule has 1 amide bonds. The van der Waals surface area contributed by atoms with E-state index >= 15 is 0 Å². The third-order valence-corrected chi connectivity index (χ3v) is 3.80. The molecule has 0 unspecified atom stereocenters. The number of carbonyl (C=O) groups excluding carboxylic acids is 1. The van der Waals surface area contributed by atoms with E-state index in [2.05, 4.69) is 38.9 Å². The molecule has 2 heterocycles. The number of hydrogen-bond donors (Lipinski definition) is 3. The van der Waals surface area contributed by atoms with E-state index in [1.807, 2.05) is 50.6 Å². The minimum Gasteiger partial charge on any atom is -0.444 e. The van der Waals surface area contributed by atoms with Crippen molar-refractivity contribution >= 4 is 17.7 Å². The Morgan fingerprint density at radius 1 is 1.25 bits per heavy atom. The molecule has 3 N–H and O–H groups in total. The largest absolute Gasteiger partial charge is 0.444 e. The molecule has 0 saturated heterocycles. The van der Waals surface area contributed by atoms with Crippen LogP contribution in [0.25, 0.3) is 5.65 Å². The summed E-state index contributed by atoms with van der Waals surface area (Å²) in [5, 5.41) is 9.12. The van der Waals surface area contributed by atoms with E-state index in [1.54, 1.807) is 0 Å². The van der Waals surface area contributed by atoms with Crippen molar-refractivity contribution in [3.63, 3.8) is 0 Å². The van der Waals surface area contributed by atoms with Gasteiger partial charge in [-0.3, -0.25) is 4.99 Å². The van der Waals surface area contributed by atoms with Gasteiger partial charge in [-0.05, 0) is 46.2 Å². The van der Waals surface area contributed by atoms with E-state index in [9.17, 15) is 4.79 Å². The monoisotopic (exact) mass is 388 g/mol. The van der Waals surface area contributed by atoms with Gasteiger partial charge >= 0.3 is 6.09 Å². The molecule has 28 heavy (non-hydrogen) atoms. The highest BCUT2D eigenvalue weighted by molar-refractivity contribution is 5.79. The Labute approximate surface area is 166 Å². The fraction of sp³-hybridized carbons (Fsp3) is 0.550. The summed E-state index contributed by atoms with van der Waals surface area (Å²) in [6.45, 7) is 12.0. The summed E-state index contributed by atoms with van der Waals surface area (Å²) in [7, 11) is 0. The number of aromatic nitrogens is 2. The maximum Gasteiger partial charge on any atom is 0.407 e. The molecule has 0 radical (unpaired) electrons. The average molecular weight is 389 g/mol. The van der Waals surface area contributed by atoms with Gasteiger partial charge in [0, 0.05) is 45.0 Å². The van der Waals surface area contributed by atoms with Gasteiger partial charge in [0.05, 0.1) is 5.69 Å². The molecular formula is C20H32N6O2. The van der Waals surface area contributed by atoms with Gasteiger partial charge in [0.1, 0.15) is 11.2 Å². The van der Waals surface area contributed by atoms with Gasteiger partial charge in [-0.25, -0.2) is 9.78 Å². The standard InChI is InChI=1S/C20H32N6O2/c1-6-21-18(23-11-12-24-19(27)28-20(3,4)5)22-10-9-16-14-26-13-7-8-15(2)17(26)25-16/h7-8,13-14H,6,9-12H2,1-5H3,(H,24,27)(H2,21,22,23). The van der Waals surface area contributed by atoms with Gasteiger partial charge in [0.2, 0.25) is 0 Å². The van der Waals surface area contributed by atoms with Crippen LogP contribution in [0.4, 0.5) is 4.79 Å². The Morgan fingerprint density at radius 2 is 2.00 bits per heavy atom. The number of nitrogens with one attached hydrogen (secondary N) is 3. The summed E-state index contributed by atoms with van der Waals surface area (Å²) in [4.78, 5) is 20.9. The topological polar surface area (TPSA) is 92.0 Å². The molecule has 2 rings (SSSR count). The minimum atomic E-state index is -0.496. The molecular weight excluding hydrogens is 356 g/mol. The number of carbonyl (C=O) groups is 1. The van der Waals surface area contributed by atoms with Crippen molar-refractivity contribution in [2.24, 2.45) is 4.99 Å². The number of hydrogen-bond acceptors (Lipinski definition) is 4. The highest BCUT2D eigenvalue weighted by Gasteiger charge is 2.15. The molecule has 0 atom stereocenters. The number of nitrogens with zero attached hydrogens (tertiary/aromatic N) is 3. The first kappa shape index (κ1) is 21.5. The van der Waals surface area contributed by atoms with E-state index in [4.69, 9.17) is 4.74 Å². The molecule has 0 fully saturated rings. The predicted molar refractivity (Wildman–Crippen MR) is 112 cm³/mol. The van der Waals surface area contributed by atoms with Crippen molar-refractivity contribution in [3.05, 3.63) is 35.8 Å². The number of alkyl carbamates (subject to hydrolysis) is 1. The second kappa shape index (κ2) is 9.96. The number of aliphatic imine (C=N–C) groups is 1. The SMILES string of the molecule is CCNC(=NCCc1cn2cccc(C)c2n1)NCCNC(=O)OC(C)(C)C. The van der Waals surface area contributed by atoms with Crippen LogP contribution in [0, 0.1) is 6.92 Å². The zero-order valence-electron chi connectivity index (χ0n) is 17.5. The quantitative estimate of drug-likeness (QED) is 0.384. The molecule has 0 bridgehead atoms. The summed E-state index contributed by atoms with van der Waals surface area (Å²) in [5.74, 6) is 0.716. The summed E-state index contributed by atoms with van der Waals surface area (Å²) in [5.41, 5.74) is 2.66. The first-order valence-electron chi connectivity index (χ1n) is 9.70. The molecule has 154 valence electrons. The second-order valence-corrected chi connectivity index (χ2v) is 7.52. The zero-order chi connectivity index (χ0) is 20.6. The van der Waals surface area contributed by atoms with Gasteiger partial charge in [-0.2, -0.15) is 0 Å². The van der Waals surface area contributed by atoms with Crippen molar-refractivity contribution < 1.29 is 9.53 Å². The number of rotatable bonds is 7. The molecule has 8 nitrogen and oxygen atoms in total. The average Bonchev–Trinajstić information content (AvgIpc) is 3.01. The van der Waals surface area contributed by atoms with Crippen LogP contribution >= 0.6 is 0 Å². The van der Waals surface area contributed by atoms with E-state index in [0.29, 0.717) is 25.6 Å². The van der Waals surface area contributed by atoms with Crippen LogP contribution in [-0.2, 0) is 11.2 Å². The Kier molecular flexibility index (Phi) is 7.66. The third-order valence-electron chi connectivity index (χ3n) is 3.80. The highest BCUT2D eigenvalue weighted by atomic mass is 16.6. The molecule has 0 aliphatic rings. The number of guanidine groups is 1. The van der Waals surface area contributed by atoms with Crippen LogP contribution in [0.1, 0.15) is 39.0 Å². The van der Waals surface area contributed by atoms with Gasteiger partial charge in [-0.1, -0.05) is 6.07 Å². The van der Waals surface area contributed by atoms with Crippen LogP contribution in [0.2, 0.25) is 0 Å². The Bertz CT molecular complexity index is 807. The minimum absolute atomic E-state index is 0.418. The van der Waals surface area contributed by atoms with Gasteiger partial charge in [-0.15, -0.1) is 0 Å². The zero-order valence-corrected chi connectivity index (χ0v) is 17.5. The van der Waals surface area contributed by atoms with Crippen LogP contribution in [0.15, 0.2) is 29.5 Å². The van der Waals surface area contributed by atoms with E-state index < -0.39 is 11.7 Å². The van der Waals surface area contributed by atoms with Crippen LogP contribution in [0.5, 0.6) is 0 Å². The first-order valence-corrected chi connectivity index (χ1v) is 9.70.